The first-order valence-electron chi connectivity index (χ1n) is 12.4. The molecule has 0 spiro atoms. The molecule has 0 saturated carbocycles. The summed E-state index contributed by atoms with van der Waals surface area (Å²) in [4.78, 5) is -2.34. The highest BCUT2D eigenvalue weighted by molar-refractivity contribution is 7.87. The Morgan fingerprint density at radius 3 is 0.914 bits per heavy atom. The average molecular weight is 983 g/mol. The highest BCUT2D eigenvalue weighted by Crippen LogP contribution is 2.27. The molecule has 0 bridgehead atoms. The van der Waals surface area contributed by atoms with Crippen LogP contribution in [0.1, 0.15) is 5.56 Å². The standard InChI is InChI=1S/C7H3F5O3S.C6HF5O3S.C6H6O3S.C2H3F3O3S.CHF3O3S/c8-3-2(1-16(13,14)15)4(9)6(11)7(12)5(3)10;7-1-2(8)4(10)6(15(12,13)14)5(11)3(1)9;7-10(8,9)6-4-2-1-3-5-6;3-2(4,5)1-9(6,7)8;2-1(3,4)8(5,6)7/h1H2,(H,13,14,15);(H,12,13,14);1-5H,(H,7,8,9);1H2,(H,6,7,8);(H,5,6,7). The quantitative estimate of drug-likeness (QED) is 0.0726. The van der Waals surface area contributed by atoms with Crippen LogP contribution in [0, 0.1) is 58.2 Å². The van der Waals surface area contributed by atoms with Gasteiger partial charge in [-0.1, -0.05) is 18.2 Å². The van der Waals surface area contributed by atoms with Crippen LogP contribution in [0.4, 0.5) is 70.2 Å². The van der Waals surface area contributed by atoms with E-state index in [-0.39, 0.29) is 4.90 Å². The number of rotatable bonds is 5. The smallest absolute Gasteiger partial charge is 0.285 e. The molecule has 0 atom stereocenters. The van der Waals surface area contributed by atoms with Gasteiger partial charge in [-0.2, -0.15) is 68.4 Å². The van der Waals surface area contributed by atoms with Gasteiger partial charge in [-0.25, -0.2) is 43.9 Å². The summed E-state index contributed by atoms with van der Waals surface area (Å²) < 4.78 is 330. The fourth-order valence-electron chi connectivity index (χ4n) is 2.57. The predicted molar refractivity (Wildman–Crippen MR) is 154 cm³/mol. The van der Waals surface area contributed by atoms with Crippen molar-refractivity contribution in [2.75, 3.05) is 5.75 Å². The molecule has 58 heavy (non-hydrogen) atoms. The van der Waals surface area contributed by atoms with E-state index in [1.807, 2.05) is 0 Å². The van der Waals surface area contributed by atoms with Crippen LogP contribution in [0.3, 0.4) is 0 Å². The summed E-state index contributed by atoms with van der Waals surface area (Å²) in [6.45, 7) is 0. The van der Waals surface area contributed by atoms with Gasteiger partial charge in [-0.05, 0) is 12.1 Å². The van der Waals surface area contributed by atoms with E-state index < -0.39 is 142 Å². The van der Waals surface area contributed by atoms with Crippen molar-refractivity contribution in [1.82, 2.24) is 0 Å². The van der Waals surface area contributed by atoms with Gasteiger partial charge in [0.05, 0.1) is 4.90 Å². The Morgan fingerprint density at radius 2 is 0.724 bits per heavy atom. The Labute approximate surface area is 312 Å². The van der Waals surface area contributed by atoms with Gasteiger partial charge in [0, 0.05) is 5.56 Å². The summed E-state index contributed by atoms with van der Waals surface area (Å²) in [5.74, 6) is -28.0. The summed E-state index contributed by atoms with van der Waals surface area (Å²) in [6.07, 6.45) is -4.85. The topological polar surface area (TPSA) is 272 Å². The largest absolute Gasteiger partial charge is 0.522 e. The summed E-state index contributed by atoms with van der Waals surface area (Å²) in [5.41, 5.74) is -7.13. The Kier molecular flexibility index (Phi) is 19.7. The fraction of sp³-hybridized carbons (Fsp3) is 0.182. The molecule has 0 aliphatic carbocycles. The molecule has 3 aromatic carbocycles. The molecule has 0 radical (unpaired) electrons. The Bertz CT molecular complexity index is 2440. The minimum atomic E-state index is -5.84. The highest BCUT2D eigenvalue weighted by Gasteiger charge is 2.44. The SMILES string of the molecule is O=S(=O)(O)C(F)(F)F.O=S(=O)(O)CC(F)(F)F.O=S(=O)(O)Cc1c(F)c(F)c(F)c(F)c1F.O=S(=O)(O)c1c(F)c(F)c(F)c(F)c1F.O=S(=O)(O)c1ccccc1. The molecule has 15 nitrogen and oxygen atoms in total. The second kappa shape index (κ2) is 20.4. The van der Waals surface area contributed by atoms with Gasteiger partial charge in [0.2, 0.25) is 11.6 Å². The molecule has 5 N–H and O–H groups in total. The van der Waals surface area contributed by atoms with E-state index in [0.717, 1.165) is 0 Å². The van der Waals surface area contributed by atoms with Crippen LogP contribution in [-0.4, -0.2) is 82.3 Å². The van der Waals surface area contributed by atoms with Gasteiger partial charge >= 0.3 is 31.9 Å². The molecule has 0 aliphatic rings. The summed E-state index contributed by atoms with van der Waals surface area (Å²) in [5, 5.41) is 0. The second-order valence-corrected chi connectivity index (χ2v) is 16.3. The van der Waals surface area contributed by atoms with Crippen molar-refractivity contribution in [2.45, 2.75) is 27.2 Å². The van der Waals surface area contributed by atoms with Gasteiger partial charge in [0.1, 0.15) is 5.75 Å². The van der Waals surface area contributed by atoms with Crippen molar-refractivity contribution >= 4 is 50.6 Å². The lowest BCUT2D eigenvalue weighted by Gasteiger charge is -2.06. The molecule has 334 valence electrons. The van der Waals surface area contributed by atoms with E-state index in [0.29, 0.717) is 0 Å². The van der Waals surface area contributed by atoms with Crippen LogP contribution in [-0.2, 0) is 56.3 Å². The van der Waals surface area contributed by atoms with Crippen molar-refractivity contribution in [1.29, 1.82) is 0 Å². The normalized spacial score (nSPS) is 12.4. The minimum absolute atomic E-state index is 0.0741. The van der Waals surface area contributed by atoms with Crippen LogP contribution in [0.15, 0.2) is 40.1 Å². The Hall–Kier alpha value is -3.91. The van der Waals surface area contributed by atoms with E-state index in [1.165, 1.54) is 12.1 Å². The number of hydrogen-bond acceptors (Lipinski definition) is 10. The molecule has 0 unspecified atom stereocenters. The van der Waals surface area contributed by atoms with Gasteiger partial charge in [0.25, 0.3) is 30.4 Å². The number of halogens is 16. The van der Waals surface area contributed by atoms with E-state index in [9.17, 15) is 104 Å². The van der Waals surface area contributed by atoms with Crippen LogP contribution in [0.25, 0.3) is 0 Å². The Morgan fingerprint density at radius 1 is 0.431 bits per heavy atom. The highest BCUT2D eigenvalue weighted by atomic mass is 32.2. The number of alkyl halides is 6. The molecule has 0 aromatic heterocycles. The van der Waals surface area contributed by atoms with Gasteiger partial charge < -0.3 is 0 Å². The van der Waals surface area contributed by atoms with Crippen LogP contribution in [0.5, 0.6) is 0 Å². The first-order valence-corrected chi connectivity index (χ1v) is 19.9. The van der Waals surface area contributed by atoms with Crippen molar-refractivity contribution in [2.24, 2.45) is 0 Å². The van der Waals surface area contributed by atoms with Gasteiger partial charge in [-0.15, -0.1) is 0 Å². The first kappa shape index (κ1) is 56.2. The molecule has 0 fully saturated rings. The molecule has 0 aliphatic heterocycles. The zero-order valence-corrected chi connectivity index (χ0v) is 30.3. The zero-order valence-electron chi connectivity index (χ0n) is 26.2. The maximum absolute atomic E-state index is 12.8. The maximum atomic E-state index is 12.8. The van der Waals surface area contributed by atoms with Crippen LogP contribution >= 0.6 is 0 Å². The molecule has 0 amide bonds. The molecular formula is C22H14F16O15S5. The van der Waals surface area contributed by atoms with Crippen molar-refractivity contribution in [3.8, 4) is 0 Å². The van der Waals surface area contributed by atoms with E-state index >= 15 is 0 Å². The molecule has 3 rings (SSSR count). The lowest BCUT2D eigenvalue weighted by Crippen LogP contribution is -2.21. The number of benzene rings is 3. The molecule has 36 heteroatoms. The summed E-state index contributed by atoms with van der Waals surface area (Å²) >= 11 is 0. The van der Waals surface area contributed by atoms with Crippen molar-refractivity contribution in [3.05, 3.63) is 94.1 Å². The van der Waals surface area contributed by atoms with E-state index in [4.69, 9.17) is 31.2 Å². The zero-order chi connectivity index (χ0) is 47.0. The number of hydrogen-bond donors (Lipinski definition) is 5. The summed E-state index contributed by atoms with van der Waals surface area (Å²) in [6, 6.07) is 7.42. The van der Waals surface area contributed by atoms with E-state index in [2.05, 4.69) is 0 Å². The molecule has 3 aromatic rings. The minimum Gasteiger partial charge on any atom is -0.285 e. The first-order chi connectivity index (χ1) is 25.4. The maximum Gasteiger partial charge on any atom is 0.522 e. The van der Waals surface area contributed by atoms with Gasteiger partial charge in [-0.3, -0.25) is 22.8 Å². The van der Waals surface area contributed by atoms with Crippen molar-refractivity contribution < 1.29 is 135 Å². The van der Waals surface area contributed by atoms with Gasteiger partial charge in [0.15, 0.2) is 57.2 Å². The lowest BCUT2D eigenvalue weighted by molar-refractivity contribution is -0.107. The third-order valence-corrected chi connectivity index (χ3v) is 8.41. The predicted octanol–water partition coefficient (Wildman–Crippen LogP) is 5.16. The Balaban J connectivity index is 0. The van der Waals surface area contributed by atoms with Crippen LogP contribution in [0.2, 0.25) is 0 Å². The lowest BCUT2D eigenvalue weighted by atomic mass is 10.2. The monoisotopic (exact) mass is 982 g/mol. The van der Waals surface area contributed by atoms with E-state index in [1.54, 1.807) is 18.2 Å². The summed E-state index contributed by atoms with van der Waals surface area (Å²) in [7, 11) is -25.2. The molecule has 0 saturated heterocycles. The third-order valence-electron chi connectivity index (χ3n) is 4.73. The third kappa shape index (κ3) is 19.2. The van der Waals surface area contributed by atoms with Crippen molar-refractivity contribution in [3.63, 3.8) is 0 Å². The van der Waals surface area contributed by atoms with Crippen LogP contribution < -0.4 is 0 Å². The molecular weight excluding hydrogens is 969 g/mol. The second-order valence-electron chi connectivity index (χ2n) is 9.20. The average Bonchev–Trinajstić information content (AvgIpc) is 3.00. The molecule has 0 heterocycles. The fourth-order valence-corrected chi connectivity index (χ4v) is 4.74.